The van der Waals surface area contributed by atoms with Crippen molar-refractivity contribution >= 4 is 0 Å². The molecule has 2 nitrogen and oxygen atoms in total. The van der Waals surface area contributed by atoms with Crippen LogP contribution in [0, 0.1) is 12.3 Å². The number of aromatic nitrogens is 1. The van der Waals surface area contributed by atoms with Crippen LogP contribution in [-0.2, 0) is 0 Å². The molecular weight excluding hydrogens is 162 g/mol. The van der Waals surface area contributed by atoms with Gasteiger partial charge in [-0.2, -0.15) is 0 Å². The van der Waals surface area contributed by atoms with Gasteiger partial charge in [0.05, 0.1) is 6.10 Å². The highest BCUT2D eigenvalue weighted by Crippen LogP contribution is 2.54. The van der Waals surface area contributed by atoms with Crippen molar-refractivity contribution in [2.45, 2.75) is 32.8 Å². The number of aliphatic hydroxyl groups is 1. The quantitative estimate of drug-likeness (QED) is 0.751. The summed E-state index contributed by atoms with van der Waals surface area (Å²) in [6.07, 6.45) is 5.47. The first kappa shape index (κ1) is 8.70. The Morgan fingerprint density at radius 2 is 2.23 bits per heavy atom. The van der Waals surface area contributed by atoms with Gasteiger partial charge in [-0.05, 0) is 36.8 Å². The summed E-state index contributed by atoms with van der Waals surface area (Å²) in [5.41, 5.74) is 2.24. The minimum Gasteiger partial charge on any atom is -0.388 e. The summed E-state index contributed by atoms with van der Waals surface area (Å²) in [6.45, 7) is 4.15. The normalized spacial score (nSPS) is 21.2. The Bertz CT molecular complexity index is 318. The molecule has 70 valence electrons. The van der Waals surface area contributed by atoms with Gasteiger partial charge in [-0.15, -0.1) is 0 Å². The lowest BCUT2D eigenvalue weighted by Gasteiger charge is -2.19. The van der Waals surface area contributed by atoms with Gasteiger partial charge in [0.2, 0.25) is 0 Å². The van der Waals surface area contributed by atoms with E-state index < -0.39 is 0 Å². The summed E-state index contributed by atoms with van der Waals surface area (Å²) >= 11 is 0. The zero-order chi connectivity index (χ0) is 9.47. The number of pyridine rings is 1. The van der Waals surface area contributed by atoms with E-state index in [1.165, 1.54) is 0 Å². The van der Waals surface area contributed by atoms with Crippen LogP contribution < -0.4 is 0 Å². The number of aryl methyl sites for hydroxylation is 1. The molecule has 0 aromatic carbocycles. The molecule has 1 fully saturated rings. The SMILES string of the molecule is Cc1ccncc1C(O)C1(C)CC1. The van der Waals surface area contributed by atoms with Gasteiger partial charge in [0, 0.05) is 18.0 Å². The van der Waals surface area contributed by atoms with Crippen molar-refractivity contribution in [3.8, 4) is 0 Å². The molecule has 1 aliphatic carbocycles. The van der Waals surface area contributed by atoms with Crippen LogP contribution in [0.3, 0.4) is 0 Å². The molecule has 1 saturated carbocycles. The second-order valence-electron chi connectivity index (χ2n) is 4.29. The lowest BCUT2D eigenvalue weighted by molar-refractivity contribution is 0.103. The lowest BCUT2D eigenvalue weighted by Crippen LogP contribution is -2.11. The Kier molecular flexibility index (Phi) is 1.88. The predicted molar refractivity (Wildman–Crippen MR) is 51.3 cm³/mol. The third-order valence-corrected chi connectivity index (χ3v) is 3.07. The molecule has 1 aromatic rings. The molecule has 0 spiro atoms. The van der Waals surface area contributed by atoms with Gasteiger partial charge >= 0.3 is 0 Å². The molecule has 0 radical (unpaired) electrons. The summed E-state index contributed by atoms with van der Waals surface area (Å²) in [7, 11) is 0. The molecule has 1 unspecified atom stereocenters. The van der Waals surface area contributed by atoms with E-state index in [-0.39, 0.29) is 11.5 Å². The molecular formula is C11H15NO. The molecule has 1 N–H and O–H groups in total. The third-order valence-electron chi connectivity index (χ3n) is 3.07. The average Bonchev–Trinajstić information content (AvgIpc) is 2.85. The first-order valence-electron chi connectivity index (χ1n) is 4.72. The van der Waals surface area contributed by atoms with Crippen LogP contribution in [0.1, 0.15) is 37.0 Å². The monoisotopic (exact) mass is 177 g/mol. The van der Waals surface area contributed by atoms with Crippen molar-refractivity contribution in [2.24, 2.45) is 5.41 Å². The molecule has 0 amide bonds. The molecule has 0 aliphatic heterocycles. The Balaban J connectivity index is 2.30. The molecule has 1 aromatic heterocycles. The van der Waals surface area contributed by atoms with Crippen LogP contribution in [0.25, 0.3) is 0 Å². The number of nitrogens with zero attached hydrogens (tertiary/aromatic N) is 1. The first-order chi connectivity index (χ1) is 6.13. The number of hydrogen-bond donors (Lipinski definition) is 1. The minimum atomic E-state index is -0.332. The van der Waals surface area contributed by atoms with Crippen molar-refractivity contribution in [2.75, 3.05) is 0 Å². The average molecular weight is 177 g/mol. The van der Waals surface area contributed by atoms with Crippen LogP contribution >= 0.6 is 0 Å². The maximum atomic E-state index is 10.1. The van der Waals surface area contributed by atoms with E-state index in [0.29, 0.717) is 0 Å². The summed E-state index contributed by atoms with van der Waals surface area (Å²) in [6, 6.07) is 1.95. The fourth-order valence-corrected chi connectivity index (χ4v) is 1.61. The maximum absolute atomic E-state index is 10.1. The second-order valence-corrected chi connectivity index (χ2v) is 4.29. The largest absolute Gasteiger partial charge is 0.388 e. The van der Waals surface area contributed by atoms with Crippen molar-refractivity contribution in [1.29, 1.82) is 0 Å². The van der Waals surface area contributed by atoms with Gasteiger partial charge in [-0.1, -0.05) is 6.92 Å². The Morgan fingerprint density at radius 3 is 2.77 bits per heavy atom. The fraction of sp³-hybridized carbons (Fsp3) is 0.545. The van der Waals surface area contributed by atoms with E-state index in [2.05, 4.69) is 11.9 Å². The van der Waals surface area contributed by atoms with E-state index in [9.17, 15) is 5.11 Å². The number of hydrogen-bond acceptors (Lipinski definition) is 2. The highest BCUT2D eigenvalue weighted by atomic mass is 16.3. The van der Waals surface area contributed by atoms with Crippen LogP contribution in [0.5, 0.6) is 0 Å². The standard InChI is InChI=1S/C11H15NO/c1-8-3-6-12-7-9(8)10(13)11(2)4-5-11/h3,6-7,10,13H,4-5H2,1-2H3. The van der Waals surface area contributed by atoms with Crippen molar-refractivity contribution in [3.05, 3.63) is 29.6 Å². The number of rotatable bonds is 2. The third kappa shape index (κ3) is 1.46. The van der Waals surface area contributed by atoms with Gasteiger partial charge in [-0.25, -0.2) is 0 Å². The smallest absolute Gasteiger partial charge is 0.0860 e. The summed E-state index contributed by atoms with van der Waals surface area (Å²) < 4.78 is 0. The van der Waals surface area contributed by atoms with Gasteiger partial charge < -0.3 is 5.11 Å². The van der Waals surface area contributed by atoms with Crippen LogP contribution in [0.15, 0.2) is 18.5 Å². The second kappa shape index (κ2) is 2.81. The summed E-state index contributed by atoms with van der Waals surface area (Å²) in [5.74, 6) is 0. The minimum absolute atomic E-state index is 0.119. The zero-order valence-electron chi connectivity index (χ0n) is 8.12. The molecule has 2 heteroatoms. The first-order valence-corrected chi connectivity index (χ1v) is 4.72. The molecule has 1 atom stereocenters. The summed E-state index contributed by atoms with van der Waals surface area (Å²) in [4.78, 5) is 4.05. The number of aliphatic hydroxyl groups excluding tert-OH is 1. The topological polar surface area (TPSA) is 33.1 Å². The highest BCUT2D eigenvalue weighted by Gasteiger charge is 2.45. The van der Waals surface area contributed by atoms with Crippen molar-refractivity contribution in [1.82, 2.24) is 4.98 Å². The Morgan fingerprint density at radius 1 is 1.54 bits per heavy atom. The van der Waals surface area contributed by atoms with Crippen LogP contribution in [-0.4, -0.2) is 10.1 Å². The Labute approximate surface area is 78.6 Å². The van der Waals surface area contributed by atoms with E-state index in [1.54, 1.807) is 12.4 Å². The molecule has 1 aliphatic rings. The van der Waals surface area contributed by atoms with Gasteiger partial charge in [0.15, 0.2) is 0 Å². The predicted octanol–water partition coefficient (Wildman–Crippen LogP) is 2.22. The van der Waals surface area contributed by atoms with Gasteiger partial charge in [-0.3, -0.25) is 4.98 Å². The molecule has 13 heavy (non-hydrogen) atoms. The van der Waals surface area contributed by atoms with E-state index in [0.717, 1.165) is 24.0 Å². The zero-order valence-corrected chi connectivity index (χ0v) is 8.12. The summed E-state index contributed by atoms with van der Waals surface area (Å²) in [5, 5.41) is 10.1. The molecule has 0 bridgehead atoms. The molecule has 2 rings (SSSR count). The molecule has 1 heterocycles. The lowest BCUT2D eigenvalue weighted by atomic mass is 9.93. The van der Waals surface area contributed by atoms with Crippen LogP contribution in [0.4, 0.5) is 0 Å². The van der Waals surface area contributed by atoms with Crippen molar-refractivity contribution in [3.63, 3.8) is 0 Å². The van der Waals surface area contributed by atoms with Crippen LogP contribution in [0.2, 0.25) is 0 Å². The van der Waals surface area contributed by atoms with Gasteiger partial charge in [0.25, 0.3) is 0 Å². The van der Waals surface area contributed by atoms with E-state index >= 15 is 0 Å². The van der Waals surface area contributed by atoms with E-state index in [1.807, 2.05) is 13.0 Å². The Hall–Kier alpha value is -0.890. The van der Waals surface area contributed by atoms with Gasteiger partial charge in [0.1, 0.15) is 0 Å². The van der Waals surface area contributed by atoms with Crippen molar-refractivity contribution < 1.29 is 5.11 Å². The maximum Gasteiger partial charge on any atom is 0.0860 e. The fourth-order valence-electron chi connectivity index (χ4n) is 1.61. The highest BCUT2D eigenvalue weighted by molar-refractivity contribution is 5.26. The van der Waals surface area contributed by atoms with E-state index in [4.69, 9.17) is 0 Å². The molecule has 0 saturated heterocycles.